The molecule has 2 heterocycles. The number of nitro groups is 1. The van der Waals surface area contributed by atoms with Crippen molar-refractivity contribution in [1.29, 1.82) is 0 Å². The molecule has 0 spiro atoms. The molecule has 0 saturated heterocycles. The minimum Gasteiger partial charge on any atom is -0.473 e. The number of nitrogens with one attached hydrogen (secondary N) is 1. The first-order valence-electron chi connectivity index (χ1n) is 6.55. The Morgan fingerprint density at radius 3 is 2.71 bits per heavy atom. The minimum absolute atomic E-state index is 0.0431. The van der Waals surface area contributed by atoms with Gasteiger partial charge >= 0.3 is 5.69 Å². The highest BCUT2D eigenvalue weighted by Gasteiger charge is 2.17. The summed E-state index contributed by atoms with van der Waals surface area (Å²) in [6, 6.07) is 6.80. The number of aromatic nitrogens is 2. The van der Waals surface area contributed by atoms with E-state index >= 15 is 0 Å². The van der Waals surface area contributed by atoms with E-state index in [0.717, 1.165) is 18.4 Å². The number of nitrogens with zero attached hydrogens (tertiary/aromatic N) is 3. The van der Waals surface area contributed by atoms with E-state index in [2.05, 4.69) is 15.3 Å². The molecule has 0 aromatic carbocycles. The molecule has 0 aliphatic carbocycles. The van der Waals surface area contributed by atoms with Crippen molar-refractivity contribution in [3.8, 4) is 5.88 Å². The predicted octanol–water partition coefficient (Wildman–Crippen LogP) is 2.44. The number of hydrogen-bond donors (Lipinski definition) is 1. The maximum Gasteiger partial charge on any atom is 0.331 e. The van der Waals surface area contributed by atoms with Crippen molar-refractivity contribution >= 4 is 11.5 Å². The summed E-state index contributed by atoms with van der Waals surface area (Å²) in [7, 11) is 1.70. The highest BCUT2D eigenvalue weighted by Crippen LogP contribution is 2.26. The van der Waals surface area contributed by atoms with Crippen molar-refractivity contribution in [3.63, 3.8) is 0 Å². The molecule has 0 amide bonds. The van der Waals surface area contributed by atoms with Crippen LogP contribution in [0.1, 0.15) is 12.0 Å². The summed E-state index contributed by atoms with van der Waals surface area (Å²) < 4.78 is 5.45. The lowest BCUT2D eigenvalue weighted by atomic mass is 10.1. The summed E-state index contributed by atoms with van der Waals surface area (Å²) in [6.07, 6.45) is 5.03. The van der Waals surface area contributed by atoms with E-state index in [1.165, 1.54) is 6.07 Å². The molecule has 2 aromatic rings. The Morgan fingerprint density at radius 1 is 1.29 bits per heavy atom. The first-order valence-corrected chi connectivity index (χ1v) is 6.55. The molecule has 2 rings (SSSR count). The van der Waals surface area contributed by atoms with Crippen LogP contribution < -0.4 is 10.1 Å². The van der Waals surface area contributed by atoms with Gasteiger partial charge in [0.15, 0.2) is 0 Å². The molecule has 0 radical (unpaired) electrons. The number of pyridine rings is 2. The van der Waals surface area contributed by atoms with E-state index in [-0.39, 0.29) is 11.6 Å². The zero-order valence-corrected chi connectivity index (χ0v) is 11.7. The summed E-state index contributed by atoms with van der Waals surface area (Å²) in [4.78, 5) is 18.5. The largest absolute Gasteiger partial charge is 0.473 e. The van der Waals surface area contributed by atoms with Crippen molar-refractivity contribution in [2.75, 3.05) is 19.0 Å². The molecule has 2 aromatic heterocycles. The fourth-order valence-corrected chi connectivity index (χ4v) is 1.81. The second-order valence-electron chi connectivity index (χ2n) is 4.34. The number of ether oxygens (including phenoxy) is 1. The highest BCUT2D eigenvalue weighted by molar-refractivity contribution is 5.48. The zero-order valence-electron chi connectivity index (χ0n) is 11.7. The molecule has 1 N–H and O–H groups in total. The standard InChI is InChI=1S/C14H16N4O3/c1-15-13-5-4-12(18(19)20)14(17-13)21-10-2-3-11-6-8-16-9-7-11/h4-9H,2-3,10H2,1H3,(H,15,17). The predicted molar refractivity (Wildman–Crippen MR) is 78.5 cm³/mol. The average Bonchev–Trinajstić information content (AvgIpc) is 2.52. The number of hydrogen-bond acceptors (Lipinski definition) is 6. The summed E-state index contributed by atoms with van der Waals surface area (Å²) in [5.74, 6) is 0.575. The van der Waals surface area contributed by atoms with Crippen molar-refractivity contribution in [1.82, 2.24) is 9.97 Å². The van der Waals surface area contributed by atoms with Gasteiger partial charge in [-0.3, -0.25) is 15.1 Å². The summed E-state index contributed by atoms with van der Waals surface area (Å²) in [6.45, 7) is 0.364. The number of anilines is 1. The molecular formula is C14H16N4O3. The third kappa shape index (κ3) is 4.13. The quantitative estimate of drug-likeness (QED) is 0.478. The van der Waals surface area contributed by atoms with Gasteiger partial charge in [0.05, 0.1) is 11.5 Å². The molecule has 7 nitrogen and oxygen atoms in total. The fraction of sp³-hybridized carbons (Fsp3) is 0.286. The second-order valence-corrected chi connectivity index (χ2v) is 4.34. The van der Waals surface area contributed by atoms with Crippen LogP contribution in [-0.2, 0) is 6.42 Å². The van der Waals surface area contributed by atoms with Crippen molar-refractivity contribution < 1.29 is 9.66 Å². The van der Waals surface area contributed by atoms with Crippen LogP contribution in [0.5, 0.6) is 5.88 Å². The van der Waals surface area contributed by atoms with Crippen molar-refractivity contribution in [2.24, 2.45) is 0 Å². The monoisotopic (exact) mass is 288 g/mol. The molecule has 0 unspecified atom stereocenters. The smallest absolute Gasteiger partial charge is 0.331 e. The third-order valence-corrected chi connectivity index (χ3v) is 2.89. The van der Waals surface area contributed by atoms with Crippen LogP contribution in [0.3, 0.4) is 0 Å². The van der Waals surface area contributed by atoms with Crippen LogP contribution in [0.2, 0.25) is 0 Å². The third-order valence-electron chi connectivity index (χ3n) is 2.89. The zero-order chi connectivity index (χ0) is 15.1. The fourth-order valence-electron chi connectivity index (χ4n) is 1.81. The van der Waals surface area contributed by atoms with Gasteiger partial charge in [-0.15, -0.1) is 0 Å². The Labute approximate surface area is 122 Å². The summed E-state index contributed by atoms with van der Waals surface area (Å²) in [5.41, 5.74) is 1.03. The molecule has 0 saturated carbocycles. The van der Waals surface area contributed by atoms with Crippen LogP contribution in [0.4, 0.5) is 11.5 Å². The van der Waals surface area contributed by atoms with Gasteiger partial charge in [-0.1, -0.05) is 0 Å². The van der Waals surface area contributed by atoms with Crippen molar-refractivity contribution in [3.05, 3.63) is 52.3 Å². The molecule has 21 heavy (non-hydrogen) atoms. The van der Waals surface area contributed by atoms with Gasteiger partial charge in [0.25, 0.3) is 5.88 Å². The van der Waals surface area contributed by atoms with Gasteiger partial charge in [-0.25, -0.2) is 0 Å². The lowest BCUT2D eigenvalue weighted by Crippen LogP contribution is -2.05. The lowest BCUT2D eigenvalue weighted by Gasteiger charge is -2.07. The Bertz CT molecular complexity index is 604. The normalized spacial score (nSPS) is 10.1. The Balaban J connectivity index is 1.94. The maximum atomic E-state index is 10.9. The molecule has 0 aliphatic rings. The molecular weight excluding hydrogens is 272 g/mol. The Morgan fingerprint density at radius 2 is 2.05 bits per heavy atom. The van der Waals surface area contributed by atoms with Crippen LogP contribution in [0, 0.1) is 10.1 Å². The van der Waals surface area contributed by atoms with Gasteiger partial charge in [-0.2, -0.15) is 4.98 Å². The average molecular weight is 288 g/mol. The molecule has 0 aliphatic heterocycles. The van der Waals surface area contributed by atoms with Crippen molar-refractivity contribution in [2.45, 2.75) is 12.8 Å². The topological polar surface area (TPSA) is 90.2 Å². The van der Waals surface area contributed by atoms with E-state index in [9.17, 15) is 10.1 Å². The van der Waals surface area contributed by atoms with Crippen LogP contribution in [-0.4, -0.2) is 28.5 Å². The van der Waals surface area contributed by atoms with Crippen LogP contribution in [0.15, 0.2) is 36.7 Å². The van der Waals surface area contributed by atoms with Crippen LogP contribution >= 0.6 is 0 Å². The van der Waals surface area contributed by atoms with Gasteiger partial charge < -0.3 is 10.1 Å². The molecule has 7 heteroatoms. The molecule has 0 bridgehead atoms. The van der Waals surface area contributed by atoms with E-state index in [1.54, 1.807) is 25.5 Å². The Kier molecular flexibility index (Phi) is 5.03. The molecule has 0 atom stereocenters. The summed E-state index contributed by atoms with van der Waals surface area (Å²) >= 11 is 0. The first-order chi connectivity index (χ1) is 10.2. The highest BCUT2D eigenvalue weighted by atomic mass is 16.6. The number of rotatable bonds is 7. The van der Waals surface area contributed by atoms with Crippen LogP contribution in [0.25, 0.3) is 0 Å². The SMILES string of the molecule is CNc1ccc([N+](=O)[O-])c(OCCCc2ccncc2)n1. The molecule has 110 valence electrons. The Hall–Kier alpha value is -2.70. The van der Waals surface area contributed by atoms with E-state index in [4.69, 9.17) is 4.74 Å². The molecule has 0 fully saturated rings. The minimum atomic E-state index is -0.495. The van der Waals surface area contributed by atoms with Gasteiger partial charge in [0, 0.05) is 25.5 Å². The number of aryl methyl sites for hydroxylation is 1. The van der Waals surface area contributed by atoms with E-state index in [1.807, 2.05) is 12.1 Å². The van der Waals surface area contributed by atoms with Gasteiger partial charge in [0.1, 0.15) is 5.82 Å². The second kappa shape index (κ2) is 7.18. The van der Waals surface area contributed by atoms with Gasteiger partial charge in [0.2, 0.25) is 0 Å². The van der Waals surface area contributed by atoms with Gasteiger partial charge in [-0.05, 0) is 36.6 Å². The first kappa shape index (κ1) is 14.7. The van der Waals surface area contributed by atoms with E-state index in [0.29, 0.717) is 12.4 Å². The van der Waals surface area contributed by atoms with E-state index < -0.39 is 4.92 Å². The summed E-state index contributed by atoms with van der Waals surface area (Å²) in [5, 5.41) is 13.8. The maximum absolute atomic E-state index is 10.9. The lowest BCUT2D eigenvalue weighted by molar-refractivity contribution is -0.386.